The average molecular weight is 366 g/mol. The lowest BCUT2D eigenvalue weighted by molar-refractivity contribution is -0.121. The molecule has 2 aromatic carbocycles. The predicted octanol–water partition coefficient (Wildman–Crippen LogP) is 3.78. The number of ether oxygens (including phenoxy) is 1. The maximum atomic E-state index is 12.1. The van der Waals surface area contributed by atoms with Crippen molar-refractivity contribution in [3.63, 3.8) is 0 Å². The Balaban J connectivity index is 1.91. The largest absolute Gasteiger partial charge is 0.493 e. The molecule has 27 heavy (non-hydrogen) atoms. The van der Waals surface area contributed by atoms with Gasteiger partial charge in [-0.05, 0) is 51.0 Å². The molecular formula is C22H26N2O3. The van der Waals surface area contributed by atoms with Gasteiger partial charge in [0.25, 0.3) is 0 Å². The number of carbonyl (C=O) groups is 2. The molecule has 5 nitrogen and oxygen atoms in total. The molecule has 0 bridgehead atoms. The van der Waals surface area contributed by atoms with Crippen LogP contribution in [0.4, 0.5) is 5.69 Å². The second kappa shape index (κ2) is 9.57. The minimum absolute atomic E-state index is 0.0942. The van der Waals surface area contributed by atoms with Crippen molar-refractivity contribution in [3.8, 4) is 5.75 Å². The molecule has 0 spiro atoms. The predicted molar refractivity (Wildman–Crippen MR) is 109 cm³/mol. The lowest BCUT2D eigenvalue weighted by atomic mass is 10.1. The number of hydrogen-bond acceptors (Lipinski definition) is 3. The Morgan fingerprint density at radius 3 is 2.41 bits per heavy atom. The van der Waals surface area contributed by atoms with Gasteiger partial charge in [0.2, 0.25) is 11.8 Å². The first kappa shape index (κ1) is 20.2. The number of hydrogen-bond donors (Lipinski definition) is 2. The van der Waals surface area contributed by atoms with Crippen molar-refractivity contribution in [2.75, 3.05) is 18.5 Å². The number of para-hydroxylation sites is 1. The topological polar surface area (TPSA) is 67.4 Å². The average Bonchev–Trinajstić information content (AvgIpc) is 2.62. The summed E-state index contributed by atoms with van der Waals surface area (Å²) in [6.45, 7) is 8.28. The molecule has 142 valence electrons. The van der Waals surface area contributed by atoms with Gasteiger partial charge < -0.3 is 15.4 Å². The van der Waals surface area contributed by atoms with Gasteiger partial charge in [0.1, 0.15) is 5.75 Å². The maximum absolute atomic E-state index is 12.1. The van der Waals surface area contributed by atoms with E-state index in [4.69, 9.17) is 4.74 Å². The van der Waals surface area contributed by atoms with Crippen LogP contribution in [0.5, 0.6) is 5.75 Å². The van der Waals surface area contributed by atoms with Crippen molar-refractivity contribution in [2.24, 2.45) is 0 Å². The van der Waals surface area contributed by atoms with Gasteiger partial charge >= 0.3 is 0 Å². The molecule has 0 heterocycles. The van der Waals surface area contributed by atoms with Crippen LogP contribution in [-0.2, 0) is 9.59 Å². The monoisotopic (exact) mass is 366 g/mol. The van der Waals surface area contributed by atoms with Gasteiger partial charge in [-0.3, -0.25) is 9.59 Å². The molecule has 0 aromatic heterocycles. The van der Waals surface area contributed by atoms with Gasteiger partial charge in [0.15, 0.2) is 0 Å². The third-order valence-corrected chi connectivity index (χ3v) is 4.00. The molecule has 2 N–H and O–H groups in total. The van der Waals surface area contributed by atoms with Gasteiger partial charge in [0, 0.05) is 17.3 Å². The van der Waals surface area contributed by atoms with E-state index >= 15 is 0 Å². The fraction of sp³-hybridized carbons (Fsp3) is 0.273. The summed E-state index contributed by atoms with van der Waals surface area (Å²) in [6.07, 6.45) is 3.07. The van der Waals surface area contributed by atoms with E-state index < -0.39 is 0 Å². The summed E-state index contributed by atoms with van der Waals surface area (Å²) < 4.78 is 5.52. The normalized spacial score (nSPS) is 10.7. The zero-order chi connectivity index (χ0) is 19.8. The third kappa shape index (κ3) is 5.99. The zero-order valence-electron chi connectivity index (χ0n) is 16.3. The molecule has 5 heteroatoms. The fourth-order valence-corrected chi connectivity index (χ4v) is 2.86. The highest BCUT2D eigenvalue weighted by Crippen LogP contribution is 2.21. The molecule has 0 aliphatic carbocycles. The maximum Gasteiger partial charge on any atom is 0.244 e. The number of aryl methyl sites for hydroxylation is 3. The van der Waals surface area contributed by atoms with Crippen LogP contribution in [0.2, 0.25) is 0 Å². The van der Waals surface area contributed by atoms with E-state index in [1.807, 2.05) is 64.1 Å². The van der Waals surface area contributed by atoms with Crippen LogP contribution in [0.1, 0.15) is 29.2 Å². The summed E-state index contributed by atoms with van der Waals surface area (Å²) in [7, 11) is 0. The summed E-state index contributed by atoms with van der Waals surface area (Å²) in [5.74, 6) is 0.113. The fourth-order valence-electron chi connectivity index (χ4n) is 2.86. The van der Waals surface area contributed by atoms with Crippen molar-refractivity contribution >= 4 is 23.6 Å². The molecule has 0 aliphatic rings. The highest BCUT2D eigenvalue weighted by Gasteiger charge is 2.09. The SMILES string of the molecule is CCOc1ccccc1C=CC(=O)NCC(=O)Nc1c(C)cc(C)cc1C. The molecule has 2 rings (SSSR count). The molecule has 0 unspecified atom stereocenters. The van der Waals surface area contributed by atoms with E-state index in [9.17, 15) is 9.59 Å². The lowest BCUT2D eigenvalue weighted by Gasteiger charge is -2.13. The summed E-state index contributed by atoms with van der Waals surface area (Å²) in [5, 5.41) is 5.46. The van der Waals surface area contributed by atoms with E-state index in [0.29, 0.717) is 12.4 Å². The second-order valence-corrected chi connectivity index (χ2v) is 6.34. The second-order valence-electron chi connectivity index (χ2n) is 6.34. The van der Waals surface area contributed by atoms with Crippen LogP contribution in [0.15, 0.2) is 42.5 Å². The van der Waals surface area contributed by atoms with Crippen LogP contribution in [0, 0.1) is 20.8 Å². The molecule has 0 saturated heterocycles. The van der Waals surface area contributed by atoms with Crippen molar-refractivity contribution in [1.82, 2.24) is 5.32 Å². The number of amides is 2. The number of benzene rings is 2. The van der Waals surface area contributed by atoms with Gasteiger partial charge in [-0.1, -0.05) is 35.9 Å². The lowest BCUT2D eigenvalue weighted by Crippen LogP contribution is -2.32. The van der Waals surface area contributed by atoms with Crippen LogP contribution >= 0.6 is 0 Å². The molecule has 0 fully saturated rings. The third-order valence-electron chi connectivity index (χ3n) is 4.00. The Bertz CT molecular complexity index is 833. The van der Waals surface area contributed by atoms with Gasteiger partial charge in [0.05, 0.1) is 13.2 Å². The number of nitrogens with one attached hydrogen (secondary N) is 2. The smallest absolute Gasteiger partial charge is 0.244 e. The Hall–Kier alpha value is -3.08. The highest BCUT2D eigenvalue weighted by molar-refractivity contribution is 5.98. The minimum Gasteiger partial charge on any atom is -0.493 e. The van der Waals surface area contributed by atoms with Gasteiger partial charge in [-0.25, -0.2) is 0 Å². The van der Waals surface area contributed by atoms with Crippen LogP contribution in [-0.4, -0.2) is 25.0 Å². The quantitative estimate of drug-likeness (QED) is 0.733. The standard InChI is InChI=1S/C22H26N2O3/c1-5-27-19-9-7-6-8-18(19)10-11-20(25)23-14-21(26)24-22-16(3)12-15(2)13-17(22)4/h6-13H,5,14H2,1-4H3,(H,23,25)(H,24,26). The van der Waals surface area contributed by atoms with E-state index in [1.54, 1.807) is 6.08 Å². The van der Waals surface area contributed by atoms with Crippen molar-refractivity contribution in [2.45, 2.75) is 27.7 Å². The first-order chi connectivity index (χ1) is 12.9. The van der Waals surface area contributed by atoms with E-state index in [0.717, 1.165) is 27.9 Å². The van der Waals surface area contributed by atoms with E-state index in [1.165, 1.54) is 6.08 Å². The Kier molecular flexibility index (Phi) is 7.17. The Labute approximate surface area is 160 Å². The Morgan fingerprint density at radius 2 is 1.74 bits per heavy atom. The molecule has 2 aromatic rings. The summed E-state index contributed by atoms with van der Waals surface area (Å²) in [5.41, 5.74) is 4.75. The molecule has 0 atom stereocenters. The van der Waals surface area contributed by atoms with Crippen LogP contribution in [0.3, 0.4) is 0 Å². The molecular weight excluding hydrogens is 340 g/mol. The highest BCUT2D eigenvalue weighted by atomic mass is 16.5. The van der Waals surface area contributed by atoms with Crippen LogP contribution < -0.4 is 15.4 Å². The number of anilines is 1. The van der Waals surface area contributed by atoms with Crippen molar-refractivity contribution in [3.05, 3.63) is 64.7 Å². The molecule has 0 radical (unpaired) electrons. The summed E-state index contributed by atoms with van der Waals surface area (Å²) in [4.78, 5) is 24.2. The number of rotatable bonds is 7. The van der Waals surface area contributed by atoms with E-state index in [2.05, 4.69) is 10.6 Å². The van der Waals surface area contributed by atoms with Gasteiger partial charge in [-0.15, -0.1) is 0 Å². The molecule has 0 aliphatic heterocycles. The number of carbonyl (C=O) groups excluding carboxylic acids is 2. The van der Waals surface area contributed by atoms with Crippen molar-refractivity contribution in [1.29, 1.82) is 0 Å². The van der Waals surface area contributed by atoms with Crippen molar-refractivity contribution < 1.29 is 14.3 Å². The van der Waals surface area contributed by atoms with Crippen LogP contribution in [0.25, 0.3) is 6.08 Å². The minimum atomic E-state index is -0.339. The summed E-state index contributed by atoms with van der Waals surface area (Å²) in [6, 6.07) is 11.5. The van der Waals surface area contributed by atoms with E-state index in [-0.39, 0.29) is 18.4 Å². The first-order valence-corrected chi connectivity index (χ1v) is 8.96. The molecule has 0 saturated carbocycles. The summed E-state index contributed by atoms with van der Waals surface area (Å²) >= 11 is 0. The first-order valence-electron chi connectivity index (χ1n) is 8.96. The van der Waals surface area contributed by atoms with Gasteiger partial charge in [-0.2, -0.15) is 0 Å². The zero-order valence-corrected chi connectivity index (χ0v) is 16.3. The Morgan fingerprint density at radius 1 is 1.07 bits per heavy atom. The molecule has 2 amide bonds.